The fourth-order valence-electron chi connectivity index (χ4n) is 0.762. The SMILES string of the molecule is Cl.NC(CCC(=O)O)CCC(=O)O. The Morgan fingerprint density at radius 3 is 1.62 bits per heavy atom. The lowest BCUT2D eigenvalue weighted by Gasteiger charge is -2.06. The Balaban J connectivity index is 0. The molecular weight excluding hydrogens is 198 g/mol. The average molecular weight is 212 g/mol. The number of carboxylic acids is 2. The van der Waals surface area contributed by atoms with E-state index in [4.69, 9.17) is 15.9 Å². The maximum atomic E-state index is 10.1. The van der Waals surface area contributed by atoms with Gasteiger partial charge in [0.15, 0.2) is 0 Å². The number of halogens is 1. The molecule has 0 bridgehead atoms. The summed E-state index contributed by atoms with van der Waals surface area (Å²) in [6, 6.07) is -0.322. The van der Waals surface area contributed by atoms with E-state index in [0.717, 1.165) is 0 Å². The molecule has 0 aliphatic rings. The molecule has 0 aliphatic carbocycles. The summed E-state index contributed by atoms with van der Waals surface area (Å²) in [5.41, 5.74) is 5.44. The molecule has 0 saturated heterocycles. The highest BCUT2D eigenvalue weighted by Gasteiger charge is 2.07. The fourth-order valence-corrected chi connectivity index (χ4v) is 0.762. The van der Waals surface area contributed by atoms with Gasteiger partial charge in [0.1, 0.15) is 0 Å². The number of rotatable bonds is 6. The van der Waals surface area contributed by atoms with Crippen molar-refractivity contribution in [2.75, 3.05) is 0 Å². The van der Waals surface area contributed by atoms with Gasteiger partial charge < -0.3 is 15.9 Å². The predicted octanol–water partition coefficient (Wildman–Crippen LogP) is 0.465. The molecule has 0 aromatic rings. The third-order valence-electron chi connectivity index (χ3n) is 1.46. The first-order valence-corrected chi connectivity index (χ1v) is 3.71. The van der Waals surface area contributed by atoms with E-state index in [0.29, 0.717) is 12.8 Å². The lowest BCUT2D eigenvalue weighted by Crippen LogP contribution is -2.22. The standard InChI is InChI=1S/C7H13NO4.ClH/c8-5(1-3-6(9)10)2-4-7(11)12;/h5H,1-4,8H2,(H,9,10)(H,11,12);1H. The van der Waals surface area contributed by atoms with Gasteiger partial charge in [-0.25, -0.2) is 0 Å². The van der Waals surface area contributed by atoms with Gasteiger partial charge in [-0.3, -0.25) is 9.59 Å². The fraction of sp³-hybridized carbons (Fsp3) is 0.714. The molecule has 6 heteroatoms. The summed E-state index contributed by atoms with van der Waals surface area (Å²) < 4.78 is 0. The summed E-state index contributed by atoms with van der Waals surface area (Å²) in [5, 5.41) is 16.5. The molecule has 0 aromatic carbocycles. The molecule has 0 rings (SSSR count). The summed E-state index contributed by atoms with van der Waals surface area (Å²) in [6.45, 7) is 0. The molecule has 0 atom stereocenters. The van der Waals surface area contributed by atoms with Crippen LogP contribution in [0.25, 0.3) is 0 Å². The summed E-state index contributed by atoms with van der Waals surface area (Å²) >= 11 is 0. The summed E-state index contributed by atoms with van der Waals surface area (Å²) in [6.07, 6.45) is 0.673. The minimum Gasteiger partial charge on any atom is -0.481 e. The Labute approximate surface area is 82.3 Å². The second-order valence-electron chi connectivity index (χ2n) is 2.62. The van der Waals surface area contributed by atoms with Crippen LogP contribution in [0.4, 0.5) is 0 Å². The minimum absolute atomic E-state index is 0. The third kappa shape index (κ3) is 11.2. The third-order valence-corrected chi connectivity index (χ3v) is 1.46. The van der Waals surface area contributed by atoms with Gasteiger partial charge in [0, 0.05) is 18.9 Å². The summed E-state index contributed by atoms with van der Waals surface area (Å²) in [5.74, 6) is -1.80. The van der Waals surface area contributed by atoms with Gasteiger partial charge in [0.05, 0.1) is 0 Å². The molecule has 0 aromatic heterocycles. The quantitative estimate of drug-likeness (QED) is 0.593. The van der Waals surface area contributed by atoms with Gasteiger partial charge in [-0.1, -0.05) is 0 Å². The zero-order valence-electron chi connectivity index (χ0n) is 7.10. The number of carboxylic acid groups (broad SMARTS) is 2. The first-order chi connectivity index (χ1) is 5.52. The number of nitrogens with two attached hydrogens (primary N) is 1. The zero-order chi connectivity index (χ0) is 9.56. The zero-order valence-corrected chi connectivity index (χ0v) is 7.92. The van der Waals surface area contributed by atoms with Gasteiger partial charge in [-0.2, -0.15) is 0 Å². The largest absolute Gasteiger partial charge is 0.481 e. The highest BCUT2D eigenvalue weighted by atomic mass is 35.5. The van der Waals surface area contributed by atoms with Crippen molar-refractivity contribution in [1.82, 2.24) is 0 Å². The second kappa shape index (κ2) is 7.82. The molecule has 0 amide bonds. The molecule has 0 heterocycles. The van der Waals surface area contributed by atoms with Crippen molar-refractivity contribution in [3.05, 3.63) is 0 Å². The lowest BCUT2D eigenvalue weighted by atomic mass is 10.1. The first-order valence-electron chi connectivity index (χ1n) is 3.71. The highest BCUT2D eigenvalue weighted by Crippen LogP contribution is 2.01. The van der Waals surface area contributed by atoms with E-state index in [1.807, 2.05) is 0 Å². The van der Waals surface area contributed by atoms with Crippen molar-refractivity contribution in [2.24, 2.45) is 5.73 Å². The van der Waals surface area contributed by atoms with E-state index in [2.05, 4.69) is 0 Å². The van der Waals surface area contributed by atoms with E-state index in [1.54, 1.807) is 0 Å². The van der Waals surface area contributed by atoms with E-state index < -0.39 is 11.9 Å². The van der Waals surface area contributed by atoms with E-state index in [1.165, 1.54) is 0 Å². The molecule has 4 N–H and O–H groups in total. The van der Waals surface area contributed by atoms with Gasteiger partial charge in [0.2, 0.25) is 0 Å². The molecular formula is C7H14ClNO4. The van der Waals surface area contributed by atoms with Crippen molar-refractivity contribution in [1.29, 1.82) is 0 Å². The van der Waals surface area contributed by atoms with Crippen LogP contribution >= 0.6 is 12.4 Å². The number of aliphatic carboxylic acids is 2. The maximum absolute atomic E-state index is 10.1. The summed E-state index contributed by atoms with van der Waals surface area (Å²) in [4.78, 5) is 20.1. The van der Waals surface area contributed by atoms with E-state index in [9.17, 15) is 9.59 Å². The summed E-state index contributed by atoms with van der Waals surface area (Å²) in [7, 11) is 0. The van der Waals surface area contributed by atoms with E-state index >= 15 is 0 Å². The van der Waals surface area contributed by atoms with Crippen LogP contribution in [0.1, 0.15) is 25.7 Å². The van der Waals surface area contributed by atoms with Crippen LogP contribution in [0.2, 0.25) is 0 Å². The Hall–Kier alpha value is -0.810. The molecule has 13 heavy (non-hydrogen) atoms. The highest BCUT2D eigenvalue weighted by molar-refractivity contribution is 5.85. The number of carbonyl (C=O) groups is 2. The number of hydrogen-bond donors (Lipinski definition) is 3. The molecule has 0 saturated carbocycles. The normalized spacial score (nSPS) is 9.38. The molecule has 78 valence electrons. The van der Waals surface area contributed by atoms with Gasteiger partial charge in [-0.05, 0) is 12.8 Å². The predicted molar refractivity (Wildman–Crippen MR) is 49.0 cm³/mol. The lowest BCUT2D eigenvalue weighted by molar-refractivity contribution is -0.137. The molecule has 0 aliphatic heterocycles. The Kier molecular flexibility index (Phi) is 8.84. The van der Waals surface area contributed by atoms with Crippen molar-refractivity contribution in [2.45, 2.75) is 31.7 Å². The molecule has 0 unspecified atom stereocenters. The van der Waals surface area contributed by atoms with Gasteiger partial charge in [0.25, 0.3) is 0 Å². The van der Waals surface area contributed by atoms with Crippen molar-refractivity contribution >= 4 is 24.3 Å². The van der Waals surface area contributed by atoms with Crippen LogP contribution in [0.15, 0.2) is 0 Å². The Morgan fingerprint density at radius 1 is 1.08 bits per heavy atom. The number of hydrogen-bond acceptors (Lipinski definition) is 3. The van der Waals surface area contributed by atoms with Crippen LogP contribution in [-0.4, -0.2) is 28.2 Å². The minimum atomic E-state index is -0.902. The first kappa shape index (κ1) is 14.7. The van der Waals surface area contributed by atoms with Crippen molar-refractivity contribution < 1.29 is 19.8 Å². The van der Waals surface area contributed by atoms with Crippen molar-refractivity contribution in [3.63, 3.8) is 0 Å². The van der Waals surface area contributed by atoms with Gasteiger partial charge >= 0.3 is 11.9 Å². The molecule has 0 fully saturated rings. The van der Waals surface area contributed by atoms with Crippen LogP contribution in [0.3, 0.4) is 0 Å². The smallest absolute Gasteiger partial charge is 0.303 e. The Bertz CT molecular complexity index is 156. The van der Waals surface area contributed by atoms with Crippen molar-refractivity contribution in [3.8, 4) is 0 Å². The monoisotopic (exact) mass is 211 g/mol. The van der Waals surface area contributed by atoms with E-state index in [-0.39, 0.29) is 31.3 Å². The molecule has 5 nitrogen and oxygen atoms in total. The average Bonchev–Trinajstić information content (AvgIpc) is 1.96. The van der Waals surface area contributed by atoms with Gasteiger partial charge in [-0.15, -0.1) is 12.4 Å². The second-order valence-corrected chi connectivity index (χ2v) is 2.62. The topological polar surface area (TPSA) is 101 Å². The Morgan fingerprint density at radius 2 is 1.38 bits per heavy atom. The van der Waals surface area contributed by atoms with Crippen LogP contribution in [0.5, 0.6) is 0 Å². The van der Waals surface area contributed by atoms with Crippen LogP contribution in [0, 0.1) is 0 Å². The molecule has 0 spiro atoms. The maximum Gasteiger partial charge on any atom is 0.303 e. The van der Waals surface area contributed by atoms with Crippen LogP contribution in [-0.2, 0) is 9.59 Å². The molecule has 0 radical (unpaired) electrons. The van der Waals surface area contributed by atoms with Crippen LogP contribution < -0.4 is 5.73 Å².